The van der Waals surface area contributed by atoms with Gasteiger partial charge in [-0.2, -0.15) is 4.39 Å². The number of anilines is 1. The Morgan fingerprint density at radius 1 is 1.08 bits per heavy atom. The Kier molecular flexibility index (Phi) is 7.82. The molecule has 0 amide bonds. The molecule has 0 unspecified atom stereocenters. The highest BCUT2D eigenvalue weighted by molar-refractivity contribution is 8.36. The van der Waals surface area contributed by atoms with Crippen LogP contribution in [0, 0.1) is 17.8 Å². The van der Waals surface area contributed by atoms with Gasteiger partial charge in [0.25, 0.3) is 0 Å². The second-order valence-electron chi connectivity index (χ2n) is 9.72. The quantitative estimate of drug-likeness (QED) is 0.118. The van der Waals surface area contributed by atoms with E-state index in [-0.39, 0.29) is 23.5 Å². The van der Waals surface area contributed by atoms with Crippen LogP contribution in [0.25, 0.3) is 22.5 Å². The molecule has 0 saturated heterocycles. The first-order valence-electron chi connectivity index (χ1n) is 12.0. The predicted octanol–water partition coefficient (Wildman–Crippen LogP) is 6.29. The van der Waals surface area contributed by atoms with Gasteiger partial charge in [0.2, 0.25) is 5.95 Å². The fourth-order valence-electron chi connectivity index (χ4n) is 5.45. The van der Waals surface area contributed by atoms with Crippen LogP contribution >= 0.6 is 49.6 Å². The lowest BCUT2D eigenvalue weighted by atomic mass is 9.69. The number of pyridine rings is 1. The van der Waals surface area contributed by atoms with Crippen LogP contribution in [0.5, 0.6) is 5.75 Å². The van der Waals surface area contributed by atoms with Gasteiger partial charge in [0.05, 0.1) is 17.8 Å². The van der Waals surface area contributed by atoms with Gasteiger partial charge in [-0.15, -0.1) is 48.1 Å². The average molecular weight is 580 g/mol. The van der Waals surface area contributed by atoms with Crippen molar-refractivity contribution in [3.05, 3.63) is 42.5 Å². The molecule has 2 heterocycles. The first kappa shape index (κ1) is 26.8. The zero-order valence-corrected chi connectivity index (χ0v) is 23.5. The van der Waals surface area contributed by atoms with Crippen LogP contribution in [-0.2, 0) is 0 Å². The van der Waals surface area contributed by atoms with Gasteiger partial charge in [0, 0.05) is 13.1 Å². The summed E-state index contributed by atoms with van der Waals surface area (Å²) in [5.41, 5.74) is 1.48. The maximum absolute atomic E-state index is 15.2. The van der Waals surface area contributed by atoms with Crippen LogP contribution in [0.4, 0.5) is 14.6 Å². The molecule has 5 rings (SSSR count). The number of fused-ring (bicyclic) bond motifs is 2. The fourth-order valence-corrected chi connectivity index (χ4v) is 6.89. The molecular formula is C25H27F2N5OS4. The number of hydrogen-bond donors (Lipinski definition) is 4. The molecule has 2 fully saturated rings. The maximum atomic E-state index is 15.2. The summed E-state index contributed by atoms with van der Waals surface area (Å²) in [7, 11) is 1.84. The van der Waals surface area contributed by atoms with E-state index in [9.17, 15) is 9.50 Å². The number of phenolic OH excluding ortho intramolecular Hbond substituents is 1. The molecule has 0 spiro atoms. The highest BCUT2D eigenvalue weighted by Crippen LogP contribution is 2.44. The van der Waals surface area contributed by atoms with E-state index in [1.807, 2.05) is 11.9 Å². The van der Waals surface area contributed by atoms with Crippen molar-refractivity contribution in [2.24, 2.45) is 11.8 Å². The minimum Gasteiger partial charge on any atom is -0.507 e. The van der Waals surface area contributed by atoms with Crippen molar-refractivity contribution in [3.63, 3.8) is 0 Å². The van der Waals surface area contributed by atoms with Gasteiger partial charge in [0.1, 0.15) is 16.9 Å². The Balaban J connectivity index is 1.35. The number of alkyl halides is 1. The molecule has 1 aromatic carbocycles. The van der Waals surface area contributed by atoms with Crippen molar-refractivity contribution in [1.29, 1.82) is 0 Å². The monoisotopic (exact) mass is 579 g/mol. The fraction of sp³-hybridized carbons (Fsp3) is 0.440. The third kappa shape index (κ3) is 6.12. The molecule has 2 aliphatic rings. The van der Waals surface area contributed by atoms with Gasteiger partial charge in [-0.1, -0.05) is 30.7 Å². The van der Waals surface area contributed by atoms with Crippen molar-refractivity contribution in [2.45, 2.75) is 52.1 Å². The van der Waals surface area contributed by atoms with Crippen LogP contribution in [0.15, 0.2) is 41.6 Å². The normalized spacial score (nSPS) is 23.6. The van der Waals surface area contributed by atoms with Crippen LogP contribution < -0.4 is 4.90 Å². The van der Waals surface area contributed by atoms with Crippen LogP contribution in [0.1, 0.15) is 32.1 Å². The standard InChI is InChI=1S/C25H27F2N5OS4/c1-32(18-8-13-3-2-4-15(7-13)23(18)27)21-12-28-24(31-30-21)17-6-5-14(9-19(17)33)16-10-20(26)29-22(11-16)37-25(34,35)36/h5-6,9-13,15,18,23,33-36H,2-4,7-8H2,1H3/t13-,15+,18+,23-/m0/s1. The lowest BCUT2D eigenvalue weighted by molar-refractivity contribution is 0.0656. The molecule has 2 saturated carbocycles. The second-order valence-corrected chi connectivity index (χ2v) is 14.9. The molecule has 2 bridgehead atoms. The molecule has 0 aliphatic heterocycles. The van der Waals surface area contributed by atoms with E-state index in [1.54, 1.807) is 24.4 Å². The maximum Gasteiger partial charge on any atom is 0.214 e. The largest absolute Gasteiger partial charge is 0.507 e. The molecule has 4 atom stereocenters. The molecule has 2 aromatic heterocycles. The molecule has 3 aromatic rings. The Hall–Kier alpha value is -1.76. The average Bonchev–Trinajstić information content (AvgIpc) is 2.85. The minimum atomic E-state index is -1.03. The zero-order valence-electron chi connectivity index (χ0n) is 20.0. The Morgan fingerprint density at radius 3 is 2.59 bits per heavy atom. The lowest BCUT2D eigenvalue weighted by Gasteiger charge is -2.45. The number of thioether (sulfide) groups is 1. The summed E-state index contributed by atoms with van der Waals surface area (Å²) in [6.07, 6.45) is 5.70. The van der Waals surface area contributed by atoms with Crippen LogP contribution in [-0.4, -0.2) is 47.3 Å². The van der Waals surface area contributed by atoms with E-state index in [4.69, 9.17) is 0 Å². The molecule has 196 valence electrons. The summed E-state index contributed by atoms with van der Waals surface area (Å²) in [4.78, 5) is 10.1. The number of halogens is 2. The number of phenols is 1. The van der Waals surface area contributed by atoms with E-state index in [0.29, 0.717) is 33.5 Å². The van der Waals surface area contributed by atoms with Crippen molar-refractivity contribution >= 4 is 55.5 Å². The van der Waals surface area contributed by atoms with E-state index in [2.05, 4.69) is 58.1 Å². The van der Waals surface area contributed by atoms with Crippen molar-refractivity contribution in [3.8, 4) is 28.3 Å². The van der Waals surface area contributed by atoms with Gasteiger partial charge in [-0.05, 0) is 60.4 Å². The smallest absolute Gasteiger partial charge is 0.214 e. The third-order valence-electron chi connectivity index (χ3n) is 7.21. The van der Waals surface area contributed by atoms with Gasteiger partial charge in [-0.3, -0.25) is 0 Å². The number of thiol groups is 3. The van der Waals surface area contributed by atoms with Crippen LogP contribution in [0.2, 0.25) is 0 Å². The van der Waals surface area contributed by atoms with E-state index >= 15 is 4.39 Å². The molecular weight excluding hydrogens is 553 g/mol. The van der Waals surface area contributed by atoms with Crippen molar-refractivity contribution in [1.82, 2.24) is 20.2 Å². The summed E-state index contributed by atoms with van der Waals surface area (Å²) in [6.45, 7) is 0. The topological polar surface area (TPSA) is 75.0 Å². The SMILES string of the molecule is CN(c1cnc(-c2ccc(-c3cc(F)nc(SC(S)(S)S)c3)cc2O)nn1)[C@@H]1C[C@H]2CCC[C@H](C2)[C@@H]1F. The first-order chi connectivity index (χ1) is 17.6. The molecule has 37 heavy (non-hydrogen) atoms. The van der Waals surface area contributed by atoms with Crippen LogP contribution in [0.3, 0.4) is 0 Å². The lowest BCUT2D eigenvalue weighted by Crippen LogP contribution is -2.49. The highest BCUT2D eigenvalue weighted by atomic mass is 32.3. The van der Waals surface area contributed by atoms with Gasteiger partial charge < -0.3 is 10.0 Å². The Bertz CT molecular complexity index is 1280. The number of nitrogens with zero attached hydrogens (tertiary/aromatic N) is 5. The number of rotatable bonds is 6. The third-order valence-corrected chi connectivity index (χ3v) is 8.72. The summed E-state index contributed by atoms with van der Waals surface area (Å²) in [5.74, 6) is 0.665. The second kappa shape index (κ2) is 10.8. The minimum absolute atomic E-state index is 0.0808. The number of aromatic hydroxyl groups is 1. The van der Waals surface area contributed by atoms with E-state index in [0.717, 1.165) is 37.4 Å². The summed E-state index contributed by atoms with van der Waals surface area (Å²) >= 11 is 13.7. The first-order valence-corrected chi connectivity index (χ1v) is 14.2. The van der Waals surface area contributed by atoms with Gasteiger partial charge >= 0.3 is 0 Å². The molecule has 2 aliphatic carbocycles. The van der Waals surface area contributed by atoms with E-state index < -0.39 is 14.9 Å². The molecule has 12 heteroatoms. The van der Waals surface area contributed by atoms with Gasteiger partial charge in [-0.25, -0.2) is 14.4 Å². The highest BCUT2D eigenvalue weighted by Gasteiger charge is 2.42. The Morgan fingerprint density at radius 2 is 1.89 bits per heavy atom. The van der Waals surface area contributed by atoms with Crippen molar-refractivity contribution < 1.29 is 13.9 Å². The number of hydrogen-bond acceptors (Lipinski definition) is 10. The summed E-state index contributed by atoms with van der Waals surface area (Å²) in [5, 5.41) is 19.6. The summed E-state index contributed by atoms with van der Waals surface area (Å²) in [6, 6.07) is 7.59. The number of aromatic nitrogens is 4. The summed E-state index contributed by atoms with van der Waals surface area (Å²) < 4.78 is 28.3. The van der Waals surface area contributed by atoms with Gasteiger partial charge in [0.15, 0.2) is 14.4 Å². The Labute approximate surface area is 235 Å². The molecule has 6 nitrogen and oxygen atoms in total. The number of benzene rings is 1. The van der Waals surface area contributed by atoms with Crippen molar-refractivity contribution in [2.75, 3.05) is 11.9 Å². The predicted molar refractivity (Wildman–Crippen MR) is 153 cm³/mol. The molecule has 1 N–H and O–H groups in total. The van der Waals surface area contributed by atoms with E-state index in [1.165, 1.54) is 18.6 Å². The zero-order chi connectivity index (χ0) is 26.3. The molecule has 0 radical (unpaired) electrons.